The van der Waals surface area contributed by atoms with E-state index in [4.69, 9.17) is 15.9 Å². The number of phenolic OH excluding ortho intramolecular Hbond substituents is 2. The quantitative estimate of drug-likeness (QED) is 0.250. The van der Waals surface area contributed by atoms with Crippen LogP contribution >= 0.6 is 15.9 Å². The number of aldehydes is 1. The van der Waals surface area contributed by atoms with E-state index in [1.807, 2.05) is 0 Å². The highest BCUT2D eigenvalue weighted by Gasteiger charge is 2.06. The fraction of sp³-hybridized carbons (Fsp3) is 0. The lowest BCUT2D eigenvalue weighted by Crippen LogP contribution is -1.90. The van der Waals surface area contributed by atoms with Gasteiger partial charge in [-0.3, -0.25) is 14.9 Å². The molecule has 110 valence electrons. The molecule has 0 aliphatic heterocycles. The molecular formula is C13H11BrN2O5. The Kier molecular flexibility index (Phi) is 5.67. The summed E-state index contributed by atoms with van der Waals surface area (Å²) in [4.78, 5) is 19.8. The highest BCUT2D eigenvalue weighted by Crippen LogP contribution is 2.24. The van der Waals surface area contributed by atoms with Gasteiger partial charge in [-0.2, -0.15) is 0 Å². The molecular weight excluding hydrogens is 344 g/mol. The van der Waals surface area contributed by atoms with Gasteiger partial charge in [-0.05, 0) is 24.3 Å². The summed E-state index contributed by atoms with van der Waals surface area (Å²) in [6.07, 6.45) is 0.611. The number of hydrogen-bond donors (Lipinski definition) is 3. The minimum Gasteiger partial charge on any atom is -0.507 e. The number of nitrogens with zero attached hydrogens (tertiary/aromatic N) is 1. The van der Waals surface area contributed by atoms with Crippen LogP contribution in [0, 0.1) is 10.1 Å². The van der Waals surface area contributed by atoms with Crippen LogP contribution in [0.5, 0.6) is 11.5 Å². The third kappa shape index (κ3) is 4.77. The van der Waals surface area contributed by atoms with Gasteiger partial charge in [0, 0.05) is 16.6 Å². The average molecular weight is 355 g/mol. The predicted octanol–water partition coefficient (Wildman–Crippen LogP) is 2.85. The second kappa shape index (κ2) is 7.25. The number of carbonyl (C=O) groups excluding carboxylic acids is 1. The van der Waals surface area contributed by atoms with E-state index in [-0.39, 0.29) is 22.9 Å². The van der Waals surface area contributed by atoms with Gasteiger partial charge in [-0.1, -0.05) is 15.9 Å². The van der Waals surface area contributed by atoms with Crippen LogP contribution in [0.1, 0.15) is 10.4 Å². The highest BCUT2D eigenvalue weighted by atomic mass is 79.9. The van der Waals surface area contributed by atoms with Gasteiger partial charge in [-0.15, -0.1) is 0 Å². The van der Waals surface area contributed by atoms with Gasteiger partial charge in [0.2, 0.25) is 0 Å². The van der Waals surface area contributed by atoms with Crippen molar-refractivity contribution in [2.24, 2.45) is 0 Å². The summed E-state index contributed by atoms with van der Waals surface area (Å²) in [6, 6.07) is 8.17. The molecule has 2 rings (SSSR count). The van der Waals surface area contributed by atoms with Crippen LogP contribution in [0.15, 0.2) is 40.9 Å². The van der Waals surface area contributed by atoms with Gasteiger partial charge in [0.05, 0.1) is 16.2 Å². The third-order valence-corrected chi connectivity index (χ3v) is 2.83. The van der Waals surface area contributed by atoms with Crippen molar-refractivity contribution in [1.29, 1.82) is 0 Å². The molecule has 0 amide bonds. The van der Waals surface area contributed by atoms with Crippen molar-refractivity contribution in [3.05, 3.63) is 56.5 Å². The summed E-state index contributed by atoms with van der Waals surface area (Å²) in [5, 5.41) is 28.0. The Morgan fingerprint density at radius 1 is 1.14 bits per heavy atom. The van der Waals surface area contributed by atoms with E-state index in [9.17, 15) is 14.9 Å². The molecule has 0 radical (unpaired) electrons. The number of benzene rings is 2. The zero-order chi connectivity index (χ0) is 16.0. The molecule has 7 nitrogen and oxygen atoms in total. The second-order valence-electron chi connectivity index (χ2n) is 3.82. The van der Waals surface area contributed by atoms with E-state index in [0.717, 1.165) is 10.5 Å². The fourth-order valence-corrected chi connectivity index (χ4v) is 1.65. The van der Waals surface area contributed by atoms with Gasteiger partial charge >= 0.3 is 0 Å². The first-order chi connectivity index (χ1) is 9.85. The minimum atomic E-state index is -0.574. The zero-order valence-corrected chi connectivity index (χ0v) is 12.1. The maximum atomic E-state index is 10.2. The molecule has 0 atom stereocenters. The number of nitro benzene ring substituents is 1. The number of carbonyl (C=O) groups is 1. The number of rotatable bonds is 2. The van der Waals surface area contributed by atoms with Crippen molar-refractivity contribution in [3.63, 3.8) is 0 Å². The molecule has 0 unspecified atom stereocenters. The lowest BCUT2D eigenvalue weighted by Gasteiger charge is -1.96. The SMILES string of the molecule is Nc1cc([N+](=O)[O-])ccc1O.O=Cc1cc(Br)ccc1O. The molecule has 0 saturated heterocycles. The number of halogens is 1. The van der Waals surface area contributed by atoms with Gasteiger partial charge in [-0.25, -0.2) is 0 Å². The molecule has 8 heteroatoms. The molecule has 2 aromatic rings. The highest BCUT2D eigenvalue weighted by molar-refractivity contribution is 9.10. The van der Waals surface area contributed by atoms with Crippen LogP contribution < -0.4 is 5.73 Å². The van der Waals surface area contributed by atoms with Crippen LogP contribution in [0.3, 0.4) is 0 Å². The number of nitrogen functional groups attached to an aromatic ring is 1. The van der Waals surface area contributed by atoms with Crippen molar-refractivity contribution < 1.29 is 19.9 Å². The normalized spacial score (nSPS) is 9.38. The van der Waals surface area contributed by atoms with Gasteiger partial charge in [0.25, 0.3) is 5.69 Å². The molecule has 0 spiro atoms. The lowest BCUT2D eigenvalue weighted by molar-refractivity contribution is -0.384. The molecule has 0 aliphatic carbocycles. The number of aromatic hydroxyl groups is 2. The van der Waals surface area contributed by atoms with E-state index in [2.05, 4.69) is 15.9 Å². The van der Waals surface area contributed by atoms with Crippen molar-refractivity contribution in [1.82, 2.24) is 0 Å². The predicted molar refractivity (Wildman–Crippen MR) is 80.4 cm³/mol. The van der Waals surface area contributed by atoms with Gasteiger partial charge in [0.15, 0.2) is 6.29 Å². The number of hydrogen-bond acceptors (Lipinski definition) is 6. The van der Waals surface area contributed by atoms with E-state index in [1.54, 1.807) is 12.1 Å². The third-order valence-electron chi connectivity index (χ3n) is 2.34. The maximum Gasteiger partial charge on any atom is 0.271 e. The number of anilines is 1. The Balaban J connectivity index is 0.000000211. The van der Waals surface area contributed by atoms with Gasteiger partial charge < -0.3 is 15.9 Å². The number of non-ortho nitro benzene ring substituents is 1. The molecule has 4 N–H and O–H groups in total. The Morgan fingerprint density at radius 3 is 2.24 bits per heavy atom. The summed E-state index contributed by atoms with van der Waals surface area (Å²) in [7, 11) is 0. The van der Waals surface area contributed by atoms with Crippen LogP contribution in [0.4, 0.5) is 11.4 Å². The summed E-state index contributed by atoms with van der Waals surface area (Å²) in [5.74, 6) is -0.131. The fourth-order valence-electron chi connectivity index (χ4n) is 1.28. The van der Waals surface area contributed by atoms with Crippen LogP contribution in [-0.4, -0.2) is 21.4 Å². The summed E-state index contributed by atoms with van der Waals surface area (Å²) < 4.78 is 0.785. The van der Waals surface area contributed by atoms with E-state index in [1.165, 1.54) is 18.2 Å². The standard InChI is InChI=1S/C7H5BrO2.C6H6N2O3/c8-6-1-2-7(10)5(3-6)4-9;7-5-3-4(8(10)11)1-2-6(5)9/h1-4,10H;1-3,9H,7H2. The van der Waals surface area contributed by atoms with Crippen molar-refractivity contribution in [3.8, 4) is 11.5 Å². The topological polar surface area (TPSA) is 127 Å². The first-order valence-electron chi connectivity index (χ1n) is 5.51. The van der Waals surface area contributed by atoms with Crippen LogP contribution in [0.25, 0.3) is 0 Å². The minimum absolute atomic E-state index is 0.0122. The number of nitrogens with two attached hydrogens (primary N) is 1. The van der Waals surface area contributed by atoms with E-state index < -0.39 is 4.92 Å². The summed E-state index contributed by atoms with van der Waals surface area (Å²) >= 11 is 3.17. The smallest absolute Gasteiger partial charge is 0.271 e. The molecule has 0 bridgehead atoms. The van der Waals surface area contributed by atoms with Crippen LogP contribution in [0.2, 0.25) is 0 Å². The lowest BCUT2D eigenvalue weighted by atomic mass is 10.2. The average Bonchev–Trinajstić information content (AvgIpc) is 2.45. The first-order valence-corrected chi connectivity index (χ1v) is 6.31. The first kappa shape index (κ1) is 16.4. The molecule has 0 fully saturated rings. The number of nitro groups is 1. The van der Waals surface area contributed by atoms with Gasteiger partial charge in [0.1, 0.15) is 11.5 Å². The summed E-state index contributed by atoms with van der Waals surface area (Å²) in [5.41, 5.74) is 5.39. The molecule has 0 aliphatic rings. The van der Waals surface area contributed by atoms with Crippen molar-refractivity contribution in [2.45, 2.75) is 0 Å². The zero-order valence-electron chi connectivity index (χ0n) is 10.6. The monoisotopic (exact) mass is 354 g/mol. The molecule has 21 heavy (non-hydrogen) atoms. The molecule has 0 aromatic heterocycles. The van der Waals surface area contributed by atoms with E-state index >= 15 is 0 Å². The number of phenols is 2. The largest absolute Gasteiger partial charge is 0.507 e. The Labute approximate surface area is 127 Å². The van der Waals surface area contributed by atoms with Crippen molar-refractivity contribution >= 4 is 33.6 Å². The summed E-state index contributed by atoms with van der Waals surface area (Å²) in [6.45, 7) is 0. The second-order valence-corrected chi connectivity index (χ2v) is 4.74. The molecule has 0 heterocycles. The maximum absolute atomic E-state index is 10.2. The Morgan fingerprint density at radius 2 is 1.76 bits per heavy atom. The van der Waals surface area contributed by atoms with Crippen molar-refractivity contribution in [2.75, 3.05) is 5.73 Å². The Hall–Kier alpha value is -2.61. The molecule has 2 aromatic carbocycles. The molecule has 0 saturated carbocycles. The van der Waals surface area contributed by atoms with E-state index in [0.29, 0.717) is 11.8 Å². The Bertz CT molecular complexity index is 676. The van der Waals surface area contributed by atoms with Crippen LogP contribution in [-0.2, 0) is 0 Å².